The first-order chi connectivity index (χ1) is 17.0. The zero-order valence-electron chi connectivity index (χ0n) is 21.1. The van der Waals surface area contributed by atoms with Crippen molar-refractivity contribution in [3.05, 3.63) is 59.7 Å². The first kappa shape index (κ1) is 27.4. The highest BCUT2D eigenvalue weighted by Crippen LogP contribution is 2.33. The summed E-state index contributed by atoms with van der Waals surface area (Å²) >= 11 is 0. The molecule has 6 N–H and O–H groups in total. The largest absolute Gasteiger partial charge is 0.491 e. The predicted octanol–water partition coefficient (Wildman–Crippen LogP) is 1.26. The number of aliphatic hydroxyl groups is 1. The molecular weight excluding hydrogens is 444 g/mol. The Bertz CT molecular complexity index is 841. The third-order valence-corrected chi connectivity index (χ3v) is 6.09. The van der Waals surface area contributed by atoms with Gasteiger partial charge in [0.15, 0.2) is 0 Å². The van der Waals surface area contributed by atoms with E-state index in [1.807, 2.05) is 24.3 Å². The maximum Gasteiger partial charge on any atom is 0.119 e. The molecule has 8 nitrogen and oxygen atoms in total. The van der Waals surface area contributed by atoms with E-state index in [1.165, 1.54) is 11.1 Å². The lowest BCUT2D eigenvalue weighted by Crippen LogP contribution is -2.37. The van der Waals surface area contributed by atoms with Crippen LogP contribution in [-0.2, 0) is 10.2 Å². The Morgan fingerprint density at radius 3 is 1.94 bits per heavy atom. The molecule has 194 valence electrons. The number of benzene rings is 2. The van der Waals surface area contributed by atoms with E-state index in [0.29, 0.717) is 19.7 Å². The summed E-state index contributed by atoms with van der Waals surface area (Å²) in [5.74, 6) is 1.62. The number of hydrogen-bond donors (Lipinski definition) is 5. The van der Waals surface area contributed by atoms with E-state index < -0.39 is 6.10 Å². The highest BCUT2D eigenvalue weighted by Gasteiger charge is 2.25. The van der Waals surface area contributed by atoms with Crippen molar-refractivity contribution < 1.29 is 19.3 Å². The summed E-state index contributed by atoms with van der Waals surface area (Å²) in [6.45, 7) is 11.5. The fourth-order valence-corrected chi connectivity index (χ4v) is 3.68. The molecule has 8 heteroatoms. The Labute approximate surface area is 209 Å². The normalized spacial score (nSPS) is 16.2. The van der Waals surface area contributed by atoms with Crippen LogP contribution < -0.4 is 31.2 Å². The second-order valence-electron chi connectivity index (χ2n) is 9.40. The van der Waals surface area contributed by atoms with Crippen LogP contribution in [0.3, 0.4) is 0 Å². The second kappa shape index (κ2) is 14.4. The van der Waals surface area contributed by atoms with Gasteiger partial charge in [-0.1, -0.05) is 38.1 Å². The monoisotopic (exact) mass is 486 g/mol. The van der Waals surface area contributed by atoms with Crippen LogP contribution in [0.2, 0.25) is 0 Å². The molecule has 0 saturated carbocycles. The number of epoxide rings is 1. The van der Waals surface area contributed by atoms with Crippen LogP contribution in [0.1, 0.15) is 25.0 Å². The SMILES string of the molecule is CC(C)(c1ccc(OCC(O)CNCCNCCNCCN)cc1)c1ccc(OCC2CO2)cc1. The van der Waals surface area contributed by atoms with E-state index in [4.69, 9.17) is 19.9 Å². The minimum Gasteiger partial charge on any atom is -0.491 e. The van der Waals surface area contributed by atoms with Crippen molar-refractivity contribution in [2.75, 3.05) is 65.6 Å². The van der Waals surface area contributed by atoms with Gasteiger partial charge in [0, 0.05) is 51.2 Å². The van der Waals surface area contributed by atoms with Gasteiger partial charge >= 0.3 is 0 Å². The predicted molar refractivity (Wildman–Crippen MR) is 139 cm³/mol. The molecule has 0 amide bonds. The Morgan fingerprint density at radius 1 is 0.886 bits per heavy atom. The number of ether oxygens (including phenoxy) is 3. The zero-order valence-corrected chi connectivity index (χ0v) is 21.1. The number of nitrogens with two attached hydrogens (primary N) is 1. The molecule has 0 radical (unpaired) electrons. The average molecular weight is 487 g/mol. The summed E-state index contributed by atoms with van der Waals surface area (Å²) in [7, 11) is 0. The molecule has 0 spiro atoms. The van der Waals surface area contributed by atoms with Crippen LogP contribution in [-0.4, -0.2) is 82.9 Å². The fourth-order valence-electron chi connectivity index (χ4n) is 3.68. The van der Waals surface area contributed by atoms with Gasteiger partial charge in [-0.2, -0.15) is 0 Å². The molecular formula is C27H42N4O4. The van der Waals surface area contributed by atoms with Gasteiger partial charge in [0.1, 0.15) is 36.9 Å². The van der Waals surface area contributed by atoms with Crippen LogP contribution in [0.25, 0.3) is 0 Å². The Kier molecular flexibility index (Phi) is 11.3. The zero-order chi connectivity index (χ0) is 24.9. The first-order valence-corrected chi connectivity index (χ1v) is 12.6. The molecule has 0 aliphatic carbocycles. The van der Waals surface area contributed by atoms with E-state index in [2.05, 4.69) is 54.1 Å². The maximum atomic E-state index is 10.2. The Hall–Kier alpha value is -2.20. The third kappa shape index (κ3) is 9.76. The Morgan fingerprint density at radius 2 is 1.40 bits per heavy atom. The van der Waals surface area contributed by atoms with Gasteiger partial charge in [0.05, 0.1) is 6.61 Å². The summed E-state index contributed by atoms with van der Waals surface area (Å²) in [5, 5.41) is 20.0. The summed E-state index contributed by atoms with van der Waals surface area (Å²) in [6, 6.07) is 16.4. The lowest BCUT2D eigenvalue weighted by molar-refractivity contribution is 0.106. The molecule has 1 heterocycles. The van der Waals surface area contributed by atoms with Crippen molar-refractivity contribution in [2.24, 2.45) is 5.73 Å². The van der Waals surface area contributed by atoms with Crippen LogP contribution in [0.5, 0.6) is 11.5 Å². The van der Waals surface area contributed by atoms with Gasteiger partial charge in [-0.15, -0.1) is 0 Å². The van der Waals surface area contributed by atoms with Gasteiger partial charge in [0.2, 0.25) is 0 Å². The summed E-state index contributed by atoms with van der Waals surface area (Å²) in [4.78, 5) is 0. The van der Waals surface area contributed by atoms with E-state index >= 15 is 0 Å². The third-order valence-electron chi connectivity index (χ3n) is 6.09. The summed E-state index contributed by atoms with van der Waals surface area (Å²) < 4.78 is 16.7. The lowest BCUT2D eigenvalue weighted by atomic mass is 9.78. The Balaban J connectivity index is 1.35. The van der Waals surface area contributed by atoms with Crippen LogP contribution >= 0.6 is 0 Å². The van der Waals surface area contributed by atoms with E-state index in [-0.39, 0.29) is 18.1 Å². The second-order valence-corrected chi connectivity index (χ2v) is 9.40. The van der Waals surface area contributed by atoms with Crippen molar-refractivity contribution in [1.82, 2.24) is 16.0 Å². The smallest absolute Gasteiger partial charge is 0.119 e. The molecule has 1 aliphatic rings. The molecule has 0 aromatic heterocycles. The number of hydrogen-bond acceptors (Lipinski definition) is 8. The number of nitrogens with one attached hydrogen (secondary N) is 3. The van der Waals surface area contributed by atoms with E-state index in [0.717, 1.165) is 50.8 Å². The van der Waals surface area contributed by atoms with Crippen molar-refractivity contribution in [3.8, 4) is 11.5 Å². The minimum atomic E-state index is -0.565. The molecule has 2 unspecified atom stereocenters. The van der Waals surface area contributed by atoms with Gasteiger partial charge in [-0.3, -0.25) is 0 Å². The van der Waals surface area contributed by atoms with Crippen molar-refractivity contribution in [2.45, 2.75) is 31.5 Å². The molecule has 2 aromatic rings. The highest BCUT2D eigenvalue weighted by molar-refractivity contribution is 5.41. The molecule has 2 aromatic carbocycles. The maximum absolute atomic E-state index is 10.2. The molecule has 2 atom stereocenters. The van der Waals surface area contributed by atoms with Gasteiger partial charge < -0.3 is 41.0 Å². The highest BCUT2D eigenvalue weighted by atomic mass is 16.6. The standard InChI is InChI=1S/C27H42N4O4/c1-27(2,22-5-9-25(10-6-22)34-19-26-20-35-26)21-3-7-24(8-4-21)33-18-23(32)17-31-16-15-30-14-13-29-12-11-28/h3-10,23,26,29-32H,11-20,28H2,1-2H3. The topological polar surface area (TPSA) is 113 Å². The van der Waals surface area contributed by atoms with Crippen molar-refractivity contribution in [1.29, 1.82) is 0 Å². The van der Waals surface area contributed by atoms with Crippen LogP contribution in [0.15, 0.2) is 48.5 Å². The van der Waals surface area contributed by atoms with Crippen molar-refractivity contribution >= 4 is 0 Å². The summed E-state index contributed by atoms with van der Waals surface area (Å²) in [6.07, 6.45) is -0.309. The quantitative estimate of drug-likeness (QED) is 0.158. The fraction of sp³-hybridized carbons (Fsp3) is 0.556. The van der Waals surface area contributed by atoms with Crippen LogP contribution in [0, 0.1) is 0 Å². The summed E-state index contributed by atoms with van der Waals surface area (Å²) in [5.41, 5.74) is 7.68. The van der Waals surface area contributed by atoms with Gasteiger partial charge in [-0.25, -0.2) is 0 Å². The minimum absolute atomic E-state index is 0.158. The molecule has 1 fully saturated rings. The average Bonchev–Trinajstić information content (AvgIpc) is 3.70. The first-order valence-electron chi connectivity index (χ1n) is 12.6. The van der Waals surface area contributed by atoms with E-state index in [1.54, 1.807) is 0 Å². The molecule has 0 bridgehead atoms. The van der Waals surface area contributed by atoms with Gasteiger partial charge in [0.25, 0.3) is 0 Å². The van der Waals surface area contributed by atoms with Gasteiger partial charge in [-0.05, 0) is 35.4 Å². The van der Waals surface area contributed by atoms with Crippen LogP contribution in [0.4, 0.5) is 0 Å². The molecule has 35 heavy (non-hydrogen) atoms. The molecule has 3 rings (SSSR count). The number of aliphatic hydroxyl groups excluding tert-OH is 1. The lowest BCUT2D eigenvalue weighted by Gasteiger charge is -2.26. The van der Waals surface area contributed by atoms with E-state index in [9.17, 15) is 5.11 Å². The number of rotatable bonds is 18. The molecule has 1 aliphatic heterocycles. The van der Waals surface area contributed by atoms with Crippen molar-refractivity contribution in [3.63, 3.8) is 0 Å². The molecule has 1 saturated heterocycles.